The van der Waals surface area contributed by atoms with Crippen molar-refractivity contribution in [3.8, 4) is 0 Å². The first-order valence-electron chi connectivity index (χ1n) is 10.7. The topological polar surface area (TPSA) is 109 Å². The molecule has 0 spiro atoms. The third kappa shape index (κ3) is 5.58. The maximum atomic E-state index is 13.3. The minimum atomic E-state index is -0.148. The van der Waals surface area contributed by atoms with Gasteiger partial charge in [0.1, 0.15) is 11.6 Å². The Balaban J connectivity index is 1.93. The monoisotopic (exact) mass is 464 g/mol. The number of aromatic nitrogens is 2. The minimum absolute atomic E-state index is 0.138. The summed E-state index contributed by atoms with van der Waals surface area (Å²) in [6.45, 7) is 5.60. The highest BCUT2D eigenvalue weighted by atomic mass is 32.2. The highest BCUT2D eigenvalue weighted by molar-refractivity contribution is 8.17. The van der Waals surface area contributed by atoms with Crippen LogP contribution < -0.4 is 5.73 Å². The number of carbonyl (C=O) groups excluding carboxylic acids is 2. The summed E-state index contributed by atoms with van der Waals surface area (Å²) in [6, 6.07) is 11.7. The molecule has 0 saturated carbocycles. The molecule has 2 aromatic carbocycles. The van der Waals surface area contributed by atoms with Gasteiger partial charge in [-0.3, -0.25) is 9.59 Å². The Morgan fingerprint density at radius 1 is 1.18 bits per heavy atom. The molecule has 0 aliphatic rings. The number of aryl methyl sites for hydroxylation is 2. The van der Waals surface area contributed by atoms with Crippen molar-refractivity contribution < 1.29 is 14.7 Å². The Hall–Kier alpha value is -3.23. The van der Waals surface area contributed by atoms with Crippen LogP contribution in [0, 0.1) is 6.92 Å². The number of amides is 1. The van der Waals surface area contributed by atoms with Gasteiger partial charge >= 0.3 is 0 Å². The van der Waals surface area contributed by atoms with Crippen molar-refractivity contribution in [3.05, 3.63) is 75.7 Å². The van der Waals surface area contributed by atoms with Crippen LogP contribution >= 0.6 is 11.8 Å². The van der Waals surface area contributed by atoms with Crippen LogP contribution in [-0.4, -0.2) is 38.1 Å². The van der Waals surface area contributed by atoms with E-state index in [4.69, 9.17) is 5.73 Å². The molecule has 0 atom stereocenters. The molecule has 0 unspecified atom stereocenters. The largest absolute Gasteiger partial charge is 0.396 e. The van der Waals surface area contributed by atoms with Crippen molar-refractivity contribution >= 4 is 39.9 Å². The first kappa shape index (κ1) is 24.4. The Labute approximate surface area is 197 Å². The summed E-state index contributed by atoms with van der Waals surface area (Å²) in [5.74, 6) is 0.849. The van der Waals surface area contributed by atoms with Gasteiger partial charge < -0.3 is 15.7 Å². The van der Waals surface area contributed by atoms with Gasteiger partial charge in [-0.25, -0.2) is 9.97 Å². The summed E-state index contributed by atoms with van der Waals surface area (Å²) in [5.41, 5.74) is 8.95. The molecule has 0 fully saturated rings. The van der Waals surface area contributed by atoms with Crippen LogP contribution in [0.4, 0.5) is 5.82 Å². The summed E-state index contributed by atoms with van der Waals surface area (Å²) in [4.78, 5) is 35.6. The summed E-state index contributed by atoms with van der Waals surface area (Å²) in [7, 11) is 0. The van der Waals surface area contributed by atoms with Gasteiger partial charge in [0, 0.05) is 41.0 Å². The molecule has 33 heavy (non-hydrogen) atoms. The zero-order chi connectivity index (χ0) is 24.0. The van der Waals surface area contributed by atoms with E-state index in [9.17, 15) is 14.7 Å². The number of hydrogen-bond acceptors (Lipinski definition) is 7. The Bertz CT molecular complexity index is 1210. The van der Waals surface area contributed by atoms with Gasteiger partial charge in [-0.15, -0.1) is 0 Å². The van der Waals surface area contributed by atoms with Gasteiger partial charge in [-0.2, -0.15) is 0 Å². The molecule has 0 aliphatic heterocycles. The fourth-order valence-electron chi connectivity index (χ4n) is 3.63. The second-order valence-electron chi connectivity index (χ2n) is 7.60. The molecule has 0 aliphatic carbocycles. The number of anilines is 1. The molecule has 3 rings (SSSR count). The Morgan fingerprint density at radius 2 is 1.91 bits per heavy atom. The van der Waals surface area contributed by atoms with Crippen LogP contribution in [0.15, 0.2) is 53.2 Å². The quantitative estimate of drug-likeness (QED) is 0.456. The van der Waals surface area contributed by atoms with E-state index in [0.29, 0.717) is 39.8 Å². The molecule has 3 N–H and O–H groups in total. The van der Waals surface area contributed by atoms with E-state index in [2.05, 4.69) is 16.9 Å². The molecule has 7 nitrogen and oxygen atoms in total. The summed E-state index contributed by atoms with van der Waals surface area (Å²) in [5, 5.41) is 11.4. The van der Waals surface area contributed by atoms with Crippen molar-refractivity contribution in [2.24, 2.45) is 0 Å². The summed E-state index contributed by atoms with van der Waals surface area (Å²) < 4.78 is 0. The van der Waals surface area contributed by atoms with Crippen LogP contribution in [0.1, 0.15) is 47.6 Å². The number of nitrogens with zero attached hydrogens (tertiary/aromatic N) is 3. The maximum Gasteiger partial charge on any atom is 0.224 e. The van der Waals surface area contributed by atoms with Crippen LogP contribution in [-0.2, 0) is 17.8 Å². The molecule has 1 amide bonds. The van der Waals surface area contributed by atoms with Gasteiger partial charge in [0.25, 0.3) is 0 Å². The van der Waals surface area contributed by atoms with Crippen molar-refractivity contribution in [3.63, 3.8) is 0 Å². The smallest absolute Gasteiger partial charge is 0.224 e. The average molecular weight is 465 g/mol. The molecule has 1 aromatic heterocycles. The van der Waals surface area contributed by atoms with E-state index in [1.165, 1.54) is 10.5 Å². The molecule has 172 valence electrons. The highest BCUT2D eigenvalue weighted by Crippen LogP contribution is 2.32. The molecular weight excluding hydrogens is 436 g/mol. The average Bonchev–Trinajstić information content (AvgIpc) is 2.82. The summed E-state index contributed by atoms with van der Waals surface area (Å²) in [6.07, 6.45) is 3.39. The number of carbonyl (C=O) groups is 2. The second-order valence-corrected chi connectivity index (χ2v) is 8.67. The predicted molar refractivity (Wildman–Crippen MR) is 132 cm³/mol. The predicted octanol–water partition coefficient (Wildman–Crippen LogP) is 4.23. The van der Waals surface area contributed by atoms with E-state index in [0.717, 1.165) is 29.0 Å². The molecule has 1 heterocycles. The van der Waals surface area contributed by atoms with Crippen molar-refractivity contribution in [1.82, 2.24) is 14.9 Å². The van der Waals surface area contributed by atoms with Gasteiger partial charge in [0.15, 0.2) is 0 Å². The molecule has 8 heteroatoms. The van der Waals surface area contributed by atoms with Crippen LogP contribution in [0.3, 0.4) is 0 Å². The number of nitrogen functional groups attached to an aromatic ring is 1. The van der Waals surface area contributed by atoms with E-state index in [1.807, 2.05) is 36.4 Å². The summed E-state index contributed by atoms with van der Waals surface area (Å²) >= 11 is 1.04. The Kier molecular flexibility index (Phi) is 8.19. The van der Waals surface area contributed by atoms with Gasteiger partial charge in [0.05, 0.1) is 6.54 Å². The van der Waals surface area contributed by atoms with Crippen molar-refractivity contribution in [2.75, 3.05) is 12.3 Å². The SMILES string of the molecule is CCc1ccc(C(=O)SC(CCO)=C(C)N(C=O)Cc2cnc(C)nc2N)c2ccccc12. The number of benzene rings is 2. The van der Waals surface area contributed by atoms with Crippen molar-refractivity contribution in [1.29, 1.82) is 0 Å². The molecule has 3 aromatic rings. The number of hydrogen-bond donors (Lipinski definition) is 2. The molecule has 0 saturated heterocycles. The number of thioether (sulfide) groups is 1. The minimum Gasteiger partial charge on any atom is -0.396 e. The zero-order valence-electron chi connectivity index (χ0n) is 19.0. The van der Waals surface area contributed by atoms with Crippen LogP contribution in [0.5, 0.6) is 0 Å². The lowest BCUT2D eigenvalue weighted by Gasteiger charge is -2.22. The van der Waals surface area contributed by atoms with Gasteiger partial charge in [-0.05, 0) is 54.4 Å². The number of rotatable bonds is 9. The van der Waals surface area contributed by atoms with E-state index >= 15 is 0 Å². The lowest BCUT2D eigenvalue weighted by Crippen LogP contribution is -2.22. The van der Waals surface area contributed by atoms with Gasteiger partial charge in [-0.1, -0.05) is 37.3 Å². The third-order valence-electron chi connectivity index (χ3n) is 5.49. The number of allylic oxidation sites excluding steroid dienone is 1. The van der Waals surface area contributed by atoms with Crippen LogP contribution in [0.25, 0.3) is 10.8 Å². The highest BCUT2D eigenvalue weighted by Gasteiger charge is 2.19. The molecule has 0 radical (unpaired) electrons. The second kappa shape index (κ2) is 11.1. The maximum absolute atomic E-state index is 13.3. The number of aliphatic hydroxyl groups is 1. The lowest BCUT2D eigenvalue weighted by atomic mass is 9.99. The first-order chi connectivity index (χ1) is 15.9. The number of nitrogens with two attached hydrogens (primary N) is 1. The zero-order valence-corrected chi connectivity index (χ0v) is 19.9. The number of aliphatic hydroxyl groups excluding tert-OH is 1. The van der Waals surface area contributed by atoms with Gasteiger partial charge in [0.2, 0.25) is 11.5 Å². The first-order valence-corrected chi connectivity index (χ1v) is 11.5. The number of fused-ring (bicyclic) bond motifs is 1. The van der Waals surface area contributed by atoms with Crippen molar-refractivity contribution in [2.45, 2.75) is 40.2 Å². The standard InChI is InChI=1S/C25H28N4O3S/c1-4-18-9-10-22(21-8-6-5-7-20(18)21)25(32)33-23(11-12-30)16(2)29(15-31)14-19-13-27-17(3)28-24(19)26/h5-10,13,15,30H,4,11-12,14H2,1-3H3,(H2,26,27,28). The Morgan fingerprint density at radius 3 is 2.55 bits per heavy atom. The van der Waals surface area contributed by atoms with E-state index in [-0.39, 0.29) is 24.7 Å². The van der Waals surface area contributed by atoms with E-state index < -0.39 is 0 Å². The lowest BCUT2D eigenvalue weighted by molar-refractivity contribution is -0.116. The van der Waals surface area contributed by atoms with Crippen LogP contribution in [0.2, 0.25) is 0 Å². The third-order valence-corrected chi connectivity index (χ3v) is 6.64. The fraction of sp³-hybridized carbons (Fsp3) is 0.280. The molecular formula is C25H28N4O3S. The van der Waals surface area contributed by atoms with E-state index in [1.54, 1.807) is 20.0 Å². The fourth-order valence-corrected chi connectivity index (χ4v) is 4.60. The molecule has 0 bridgehead atoms. The normalized spacial score (nSPS) is 11.9.